The van der Waals surface area contributed by atoms with Gasteiger partial charge in [-0.05, 0) is 105 Å². The number of hydrogen-bond acceptors (Lipinski definition) is 7. The maximum Gasteiger partial charge on any atom is 0.294 e. The molecule has 0 saturated carbocycles. The van der Waals surface area contributed by atoms with Crippen LogP contribution in [0.5, 0.6) is 0 Å². The fourth-order valence-electron chi connectivity index (χ4n) is 5.61. The molecule has 0 spiro atoms. The zero-order valence-electron chi connectivity index (χ0n) is 34.9. The Balaban J connectivity index is 0.000000288. The fraction of sp³-hybridized carbons (Fsp3) is 0.136. The number of halogens is 7. The molecular formula is C44H42Cl3F4N7O6. The number of Topliss-reactive ketones (excluding diaryl/α,β-unsaturated/α-hetero) is 3. The third kappa shape index (κ3) is 13.4. The van der Waals surface area contributed by atoms with E-state index in [4.69, 9.17) is 11.6 Å². The summed E-state index contributed by atoms with van der Waals surface area (Å²) in [6.07, 6.45) is 5.98. The molecule has 64 heavy (non-hydrogen) atoms. The second-order valence-corrected chi connectivity index (χ2v) is 13.9. The molecule has 4 heterocycles. The predicted molar refractivity (Wildman–Crippen MR) is 244 cm³/mol. The van der Waals surface area contributed by atoms with Gasteiger partial charge in [-0.3, -0.25) is 28.8 Å². The van der Waals surface area contributed by atoms with Crippen molar-refractivity contribution in [2.24, 2.45) is 0 Å². The van der Waals surface area contributed by atoms with Gasteiger partial charge in [0.2, 0.25) is 5.78 Å². The average Bonchev–Trinajstić information content (AvgIpc) is 4.06. The third-order valence-corrected chi connectivity index (χ3v) is 8.73. The molecule has 5 N–H and O–H groups in total. The van der Waals surface area contributed by atoms with Crippen LogP contribution in [0.25, 0.3) is 43.6 Å². The number of aromatic nitrogens is 4. The van der Waals surface area contributed by atoms with Gasteiger partial charge in [-0.25, -0.2) is 17.6 Å². The lowest BCUT2D eigenvalue weighted by molar-refractivity contribution is -0.124. The van der Waals surface area contributed by atoms with Crippen LogP contribution in [0.3, 0.4) is 0 Å². The zero-order valence-corrected chi connectivity index (χ0v) is 37.3. The molecule has 0 bridgehead atoms. The number of carbonyl (C=O) groups is 6. The highest BCUT2D eigenvalue weighted by Crippen LogP contribution is 2.23. The van der Waals surface area contributed by atoms with Crippen molar-refractivity contribution >= 4 is 114 Å². The van der Waals surface area contributed by atoms with Crippen molar-refractivity contribution < 1.29 is 46.3 Å². The predicted octanol–water partition coefficient (Wildman–Crippen LogP) is 8.40. The van der Waals surface area contributed by atoms with E-state index in [1.54, 1.807) is 12.3 Å². The second-order valence-electron chi connectivity index (χ2n) is 13.5. The quantitative estimate of drug-likeness (QED) is 0.0480. The van der Waals surface area contributed by atoms with Crippen molar-refractivity contribution in [3.05, 3.63) is 144 Å². The van der Waals surface area contributed by atoms with E-state index < -0.39 is 51.9 Å². The van der Waals surface area contributed by atoms with Crippen LogP contribution in [-0.2, 0) is 14.4 Å². The number of likely N-dealkylation sites (N-methyl/N-ethyl adjacent to an activating group) is 2. The lowest BCUT2D eigenvalue weighted by atomic mass is 10.1. The van der Waals surface area contributed by atoms with Crippen molar-refractivity contribution in [3.63, 3.8) is 0 Å². The van der Waals surface area contributed by atoms with Gasteiger partial charge in [-0.1, -0.05) is 0 Å². The van der Waals surface area contributed by atoms with Gasteiger partial charge in [0.15, 0.2) is 0 Å². The maximum atomic E-state index is 13.1. The van der Waals surface area contributed by atoms with Crippen molar-refractivity contribution in [2.45, 2.75) is 0 Å². The number of aromatic amines is 4. The van der Waals surface area contributed by atoms with E-state index in [1.165, 1.54) is 123 Å². The van der Waals surface area contributed by atoms with Crippen LogP contribution in [0.1, 0.15) is 31.1 Å². The number of H-pyrrole nitrogens is 4. The summed E-state index contributed by atoms with van der Waals surface area (Å²) < 4.78 is 51.6. The Hall–Kier alpha value is -6.79. The van der Waals surface area contributed by atoms with Gasteiger partial charge >= 0.3 is 0 Å². The largest absolute Gasteiger partial charge is 0.361 e. The van der Waals surface area contributed by atoms with Crippen LogP contribution < -0.4 is 5.32 Å². The first-order chi connectivity index (χ1) is 29.4. The minimum atomic E-state index is -1.08. The van der Waals surface area contributed by atoms with Gasteiger partial charge in [-0.2, -0.15) is 0 Å². The summed E-state index contributed by atoms with van der Waals surface area (Å²) in [5, 5.41) is 3.78. The lowest BCUT2D eigenvalue weighted by Crippen LogP contribution is -2.29. The molecule has 8 rings (SSSR count). The summed E-state index contributed by atoms with van der Waals surface area (Å²) in [6, 6.07) is 18.6. The molecule has 0 radical (unpaired) electrons. The molecule has 13 nitrogen and oxygen atoms in total. The Morgan fingerprint density at radius 3 is 1.12 bits per heavy atom. The topological polar surface area (TPSA) is 184 Å². The zero-order chi connectivity index (χ0) is 45.8. The Morgan fingerprint density at radius 1 is 0.484 bits per heavy atom. The Bertz CT molecular complexity index is 2820. The molecular weight excluding hydrogens is 905 g/mol. The molecule has 4 aromatic carbocycles. The van der Waals surface area contributed by atoms with Gasteiger partial charge < -0.3 is 35.1 Å². The van der Waals surface area contributed by atoms with E-state index in [0.717, 1.165) is 10.9 Å². The van der Waals surface area contributed by atoms with Gasteiger partial charge in [0, 0.05) is 96.6 Å². The van der Waals surface area contributed by atoms with Crippen LogP contribution in [0.15, 0.2) is 104 Å². The molecule has 0 aliphatic rings. The minimum absolute atomic E-state index is 0. The monoisotopic (exact) mass is 945 g/mol. The maximum absolute atomic E-state index is 13.1. The fourth-order valence-corrected chi connectivity index (χ4v) is 5.71. The molecule has 2 amide bonds. The summed E-state index contributed by atoms with van der Waals surface area (Å²) in [7, 11) is 9.73. The van der Waals surface area contributed by atoms with Crippen LogP contribution in [0.4, 0.5) is 17.6 Å². The number of amides is 2. The standard InChI is InChI=1S/2C12H11FN2O2.C10H5ClFNO2.C8H6FN.C2H7N.2ClH/c2*1-15(2)12(17)11(16)9-6-14-10-4-3-7(13)5-8(9)10;11-10(15)9(14)7-4-13-8-2-1-5(12)3-6(7)8;9-7-1-2-8-6(5-7)3-4-10-8;1-3-2;;/h2*3-6,14H,1-2H3;1-4,13H;1-5,10H;3H,1-2H3;2*1H. The number of hydrogen-bond donors (Lipinski definition) is 5. The second kappa shape index (κ2) is 24.2. The van der Waals surface area contributed by atoms with E-state index in [1.807, 2.05) is 20.2 Å². The van der Waals surface area contributed by atoms with E-state index in [0.29, 0.717) is 32.7 Å². The van der Waals surface area contributed by atoms with E-state index >= 15 is 0 Å². The van der Waals surface area contributed by atoms with Gasteiger partial charge in [0.1, 0.15) is 23.3 Å². The first kappa shape index (κ1) is 53.3. The van der Waals surface area contributed by atoms with Crippen molar-refractivity contribution in [1.82, 2.24) is 35.1 Å². The number of nitrogens with zero attached hydrogens (tertiary/aromatic N) is 2. The Morgan fingerprint density at radius 2 is 0.797 bits per heavy atom. The van der Waals surface area contributed by atoms with E-state index in [-0.39, 0.29) is 47.3 Å². The number of ketones is 3. The first-order valence-electron chi connectivity index (χ1n) is 18.3. The normalized spacial score (nSPS) is 9.98. The van der Waals surface area contributed by atoms with Crippen LogP contribution in [0.2, 0.25) is 0 Å². The summed E-state index contributed by atoms with van der Waals surface area (Å²) in [4.78, 5) is 82.5. The summed E-state index contributed by atoms with van der Waals surface area (Å²) in [6.45, 7) is 0. The number of benzene rings is 4. The minimum Gasteiger partial charge on any atom is -0.361 e. The molecule has 20 heteroatoms. The summed E-state index contributed by atoms with van der Waals surface area (Å²) in [5.74, 6) is -4.94. The highest BCUT2D eigenvalue weighted by atomic mass is 35.5. The van der Waals surface area contributed by atoms with E-state index in [9.17, 15) is 46.3 Å². The molecule has 8 aromatic rings. The average molecular weight is 947 g/mol. The van der Waals surface area contributed by atoms with Crippen molar-refractivity contribution in [1.29, 1.82) is 0 Å². The smallest absolute Gasteiger partial charge is 0.294 e. The Kier molecular flexibility index (Phi) is 20.1. The van der Waals surface area contributed by atoms with Crippen molar-refractivity contribution in [2.75, 3.05) is 42.3 Å². The Labute approximate surface area is 380 Å². The molecule has 0 saturated heterocycles. The molecule has 0 fully saturated rings. The number of nitrogens with one attached hydrogen (secondary N) is 5. The summed E-state index contributed by atoms with van der Waals surface area (Å²) >= 11 is 5.06. The molecule has 0 atom stereocenters. The van der Waals surface area contributed by atoms with Crippen LogP contribution >= 0.6 is 36.4 Å². The van der Waals surface area contributed by atoms with Crippen LogP contribution in [-0.4, -0.2) is 106 Å². The molecule has 0 aliphatic heterocycles. The lowest BCUT2D eigenvalue weighted by Gasteiger charge is -2.07. The van der Waals surface area contributed by atoms with Crippen molar-refractivity contribution in [3.8, 4) is 0 Å². The van der Waals surface area contributed by atoms with Crippen LogP contribution in [0, 0.1) is 23.3 Å². The number of carbonyl (C=O) groups excluding carboxylic acids is 6. The van der Waals surface area contributed by atoms with Gasteiger partial charge in [-0.15, -0.1) is 24.8 Å². The summed E-state index contributed by atoms with van der Waals surface area (Å²) in [5.41, 5.74) is 3.28. The molecule has 4 aromatic heterocycles. The highest BCUT2D eigenvalue weighted by molar-refractivity contribution is 6.83. The third-order valence-electron chi connectivity index (χ3n) is 8.56. The molecule has 0 aliphatic carbocycles. The SMILES string of the molecule is CN(C)C(=O)C(=O)c1c[nH]c2ccc(F)cc12.CN(C)C(=O)C(=O)c1c[nH]c2ccc(F)cc12.CNC.Cl.Cl.Fc1ccc2[nH]ccc2c1.O=C(Cl)C(=O)c1c[nH]c2ccc(F)cc12. The van der Waals surface area contributed by atoms with Gasteiger partial charge in [0.05, 0.1) is 16.7 Å². The van der Waals surface area contributed by atoms with Gasteiger partial charge in [0.25, 0.3) is 28.6 Å². The molecule has 0 unspecified atom stereocenters. The number of fused-ring (bicyclic) bond motifs is 4. The number of rotatable bonds is 6. The molecule has 338 valence electrons. The van der Waals surface area contributed by atoms with E-state index in [2.05, 4.69) is 25.3 Å². The first-order valence-corrected chi connectivity index (χ1v) is 18.6. The highest BCUT2D eigenvalue weighted by Gasteiger charge is 2.23.